The standard InChI is InChI=1S/C8H9NS/c1-8-5-3-2-4-6-9-7-10-8/h2-5,7H,1,6H2/b4-2-,5-3-,9-7?. The maximum absolute atomic E-state index is 4.09. The molecule has 0 unspecified atom stereocenters. The molecule has 0 amide bonds. The van der Waals surface area contributed by atoms with E-state index < -0.39 is 0 Å². The molecule has 10 heavy (non-hydrogen) atoms. The Morgan fingerprint density at radius 1 is 1.50 bits per heavy atom. The van der Waals surface area contributed by atoms with Crippen LogP contribution in [0, 0.1) is 0 Å². The Bertz CT molecular complexity index is 201. The molecule has 1 aliphatic rings. The van der Waals surface area contributed by atoms with Gasteiger partial charge < -0.3 is 0 Å². The molecular weight excluding hydrogens is 142 g/mol. The first-order valence-corrected chi connectivity index (χ1v) is 3.94. The van der Waals surface area contributed by atoms with Crippen molar-refractivity contribution in [3.63, 3.8) is 0 Å². The van der Waals surface area contributed by atoms with E-state index in [1.807, 2.05) is 29.9 Å². The number of hydrogen-bond donors (Lipinski definition) is 0. The van der Waals surface area contributed by atoms with Crippen LogP contribution in [0.1, 0.15) is 0 Å². The zero-order valence-electron chi connectivity index (χ0n) is 5.66. The van der Waals surface area contributed by atoms with E-state index in [1.165, 1.54) is 0 Å². The third-order valence-corrected chi connectivity index (χ3v) is 1.71. The molecule has 0 aliphatic carbocycles. The number of allylic oxidation sites excluding steroid dienone is 3. The Labute approximate surface area is 65.2 Å². The maximum atomic E-state index is 4.09. The highest BCUT2D eigenvalue weighted by molar-refractivity contribution is 8.15. The van der Waals surface area contributed by atoms with Crippen molar-refractivity contribution in [2.45, 2.75) is 0 Å². The van der Waals surface area contributed by atoms with Gasteiger partial charge >= 0.3 is 0 Å². The summed E-state index contributed by atoms with van der Waals surface area (Å²) in [6, 6.07) is 0. The molecule has 0 atom stereocenters. The molecule has 0 fully saturated rings. The van der Waals surface area contributed by atoms with Crippen molar-refractivity contribution in [2.75, 3.05) is 6.54 Å². The molecule has 52 valence electrons. The first kappa shape index (κ1) is 7.35. The molecule has 0 saturated heterocycles. The number of thioether (sulfide) groups is 1. The first-order valence-electron chi connectivity index (χ1n) is 3.06. The number of aliphatic imine (C=N–C) groups is 1. The van der Waals surface area contributed by atoms with Crippen molar-refractivity contribution in [1.29, 1.82) is 0 Å². The zero-order chi connectivity index (χ0) is 7.23. The van der Waals surface area contributed by atoms with E-state index in [1.54, 1.807) is 11.8 Å². The topological polar surface area (TPSA) is 12.4 Å². The molecule has 1 heterocycles. The van der Waals surface area contributed by atoms with Crippen LogP contribution in [-0.2, 0) is 0 Å². The SMILES string of the molecule is C=C1/C=C\C=C/CN=CS1. The average molecular weight is 151 g/mol. The summed E-state index contributed by atoms with van der Waals surface area (Å²) in [4.78, 5) is 5.12. The smallest absolute Gasteiger partial charge is 0.0592 e. The molecule has 2 heteroatoms. The summed E-state index contributed by atoms with van der Waals surface area (Å²) in [5.41, 5.74) is 1.82. The molecule has 0 aromatic rings. The van der Waals surface area contributed by atoms with Crippen LogP contribution >= 0.6 is 11.8 Å². The Kier molecular flexibility index (Phi) is 3.03. The van der Waals surface area contributed by atoms with Gasteiger partial charge in [0.1, 0.15) is 0 Å². The lowest BCUT2D eigenvalue weighted by molar-refractivity contribution is 1.27. The van der Waals surface area contributed by atoms with Gasteiger partial charge in [0.05, 0.1) is 12.1 Å². The summed E-state index contributed by atoms with van der Waals surface area (Å²) in [6.45, 7) is 4.58. The summed E-state index contributed by atoms with van der Waals surface area (Å²) in [6.07, 6.45) is 7.93. The zero-order valence-corrected chi connectivity index (χ0v) is 6.47. The Morgan fingerprint density at radius 2 is 2.40 bits per heavy atom. The fourth-order valence-corrected chi connectivity index (χ4v) is 1.00. The summed E-state index contributed by atoms with van der Waals surface area (Å²) in [5.74, 6) is 0. The molecular formula is C8H9NS. The third kappa shape index (κ3) is 2.69. The molecule has 0 bridgehead atoms. The van der Waals surface area contributed by atoms with Crippen LogP contribution in [0.4, 0.5) is 0 Å². The predicted molar refractivity (Wildman–Crippen MR) is 48.4 cm³/mol. The molecule has 1 nitrogen and oxygen atoms in total. The molecule has 0 spiro atoms. The summed E-state index contributed by atoms with van der Waals surface area (Å²) in [5, 5.41) is 0. The average Bonchev–Trinajstić information content (AvgIpc) is 2.02. The minimum atomic E-state index is 0.768. The van der Waals surface area contributed by atoms with Crippen LogP contribution in [0.25, 0.3) is 0 Å². The fourth-order valence-electron chi connectivity index (χ4n) is 0.550. The highest BCUT2D eigenvalue weighted by atomic mass is 32.2. The second-order valence-electron chi connectivity index (χ2n) is 1.84. The number of rotatable bonds is 0. The van der Waals surface area contributed by atoms with Crippen LogP contribution in [0.2, 0.25) is 0 Å². The van der Waals surface area contributed by atoms with E-state index in [-0.39, 0.29) is 0 Å². The quantitative estimate of drug-likeness (QED) is 0.518. The first-order chi connectivity index (χ1) is 4.89. The van der Waals surface area contributed by atoms with Gasteiger partial charge in [0.2, 0.25) is 0 Å². The fraction of sp³-hybridized carbons (Fsp3) is 0.125. The Hall–Kier alpha value is -0.760. The second-order valence-corrected chi connectivity index (χ2v) is 2.81. The second kappa shape index (κ2) is 4.12. The lowest BCUT2D eigenvalue weighted by Crippen LogP contribution is -1.70. The van der Waals surface area contributed by atoms with Crippen molar-refractivity contribution in [2.24, 2.45) is 4.99 Å². The Morgan fingerprint density at radius 3 is 3.30 bits per heavy atom. The van der Waals surface area contributed by atoms with E-state index in [9.17, 15) is 0 Å². The van der Waals surface area contributed by atoms with Gasteiger partial charge in [-0.25, -0.2) is 0 Å². The van der Waals surface area contributed by atoms with E-state index in [2.05, 4.69) is 11.6 Å². The van der Waals surface area contributed by atoms with Crippen molar-refractivity contribution in [3.8, 4) is 0 Å². The van der Waals surface area contributed by atoms with Gasteiger partial charge in [-0.2, -0.15) is 0 Å². The van der Waals surface area contributed by atoms with Gasteiger partial charge in [0, 0.05) is 4.91 Å². The number of hydrogen-bond acceptors (Lipinski definition) is 2. The van der Waals surface area contributed by atoms with E-state index in [0.29, 0.717) is 0 Å². The minimum Gasteiger partial charge on any atom is -0.282 e. The Balaban J connectivity index is 2.62. The molecule has 0 aromatic heterocycles. The predicted octanol–water partition coefficient (Wildman–Crippen LogP) is 2.39. The molecule has 0 saturated carbocycles. The monoisotopic (exact) mass is 151 g/mol. The highest BCUT2D eigenvalue weighted by Crippen LogP contribution is 2.11. The highest BCUT2D eigenvalue weighted by Gasteiger charge is 1.84. The molecule has 0 N–H and O–H groups in total. The van der Waals surface area contributed by atoms with Gasteiger partial charge in [-0.05, 0) is 6.08 Å². The lowest BCUT2D eigenvalue weighted by atomic mass is 10.4. The van der Waals surface area contributed by atoms with E-state index in [4.69, 9.17) is 0 Å². The molecule has 0 radical (unpaired) electrons. The van der Waals surface area contributed by atoms with Crippen LogP contribution in [0.5, 0.6) is 0 Å². The van der Waals surface area contributed by atoms with Crippen LogP contribution in [0.3, 0.4) is 0 Å². The van der Waals surface area contributed by atoms with Gasteiger partial charge in [-0.15, -0.1) is 0 Å². The van der Waals surface area contributed by atoms with Crippen molar-refractivity contribution >= 4 is 17.3 Å². The third-order valence-electron chi connectivity index (χ3n) is 1.02. The van der Waals surface area contributed by atoms with Crippen molar-refractivity contribution in [1.82, 2.24) is 0 Å². The van der Waals surface area contributed by atoms with Gasteiger partial charge in [-0.1, -0.05) is 36.6 Å². The van der Waals surface area contributed by atoms with Gasteiger partial charge in [0.25, 0.3) is 0 Å². The lowest BCUT2D eigenvalue weighted by Gasteiger charge is -1.87. The molecule has 1 rings (SSSR count). The van der Waals surface area contributed by atoms with Crippen molar-refractivity contribution < 1.29 is 0 Å². The van der Waals surface area contributed by atoms with Crippen LogP contribution < -0.4 is 0 Å². The number of nitrogens with zero attached hydrogens (tertiary/aromatic N) is 1. The maximum Gasteiger partial charge on any atom is 0.0592 e. The minimum absolute atomic E-state index is 0.768. The van der Waals surface area contributed by atoms with Crippen LogP contribution in [0.15, 0.2) is 40.8 Å². The van der Waals surface area contributed by atoms with Crippen molar-refractivity contribution in [3.05, 3.63) is 35.8 Å². The normalized spacial score (nSPS) is 24.6. The van der Waals surface area contributed by atoms with Gasteiger partial charge in [0.15, 0.2) is 0 Å². The largest absolute Gasteiger partial charge is 0.282 e. The summed E-state index contributed by atoms with van der Waals surface area (Å²) >= 11 is 1.55. The van der Waals surface area contributed by atoms with Crippen LogP contribution in [-0.4, -0.2) is 12.1 Å². The summed E-state index contributed by atoms with van der Waals surface area (Å²) < 4.78 is 0. The van der Waals surface area contributed by atoms with E-state index in [0.717, 1.165) is 11.4 Å². The molecule has 1 aliphatic heterocycles. The van der Waals surface area contributed by atoms with E-state index >= 15 is 0 Å². The molecule has 0 aromatic carbocycles. The summed E-state index contributed by atoms with van der Waals surface area (Å²) in [7, 11) is 0. The van der Waals surface area contributed by atoms with Gasteiger partial charge in [-0.3, -0.25) is 4.99 Å².